The number of hydrogen-bond acceptors (Lipinski definition) is 3. The number of nitrogens with one attached hydrogen (secondary N) is 1. The van der Waals surface area contributed by atoms with Crippen molar-refractivity contribution < 1.29 is 14.3 Å². The van der Waals surface area contributed by atoms with Crippen molar-refractivity contribution in [1.29, 1.82) is 0 Å². The summed E-state index contributed by atoms with van der Waals surface area (Å²) in [5.41, 5.74) is 6.62. The van der Waals surface area contributed by atoms with E-state index in [4.69, 9.17) is 22.4 Å². The number of nitrogen functional groups attached to an aromatic ring is 1. The number of aromatic carboxylic acids is 1. The third-order valence-electron chi connectivity index (χ3n) is 2.56. The molecule has 0 aliphatic carbocycles. The van der Waals surface area contributed by atoms with Crippen LogP contribution in [0, 0.1) is 5.82 Å². The van der Waals surface area contributed by atoms with Gasteiger partial charge in [0.05, 0.1) is 16.3 Å². The van der Waals surface area contributed by atoms with Crippen LogP contribution in [0.25, 0.3) is 0 Å². The Kier molecular flexibility index (Phi) is 4.15. The first-order valence-corrected chi connectivity index (χ1v) is 6.60. The second-order valence-corrected chi connectivity index (χ2v) is 5.24. The van der Waals surface area contributed by atoms with Crippen molar-refractivity contribution >= 4 is 50.6 Å². The average molecular weight is 360 g/mol. The fourth-order valence-electron chi connectivity index (χ4n) is 1.63. The first kappa shape index (κ1) is 14.6. The minimum Gasteiger partial charge on any atom is -0.478 e. The summed E-state index contributed by atoms with van der Waals surface area (Å²) in [6, 6.07) is 6.86. The van der Waals surface area contributed by atoms with E-state index in [2.05, 4.69) is 21.2 Å². The van der Waals surface area contributed by atoms with Crippen LogP contribution in [-0.2, 0) is 0 Å². The molecular weight excluding hydrogens is 351 g/mol. The SMILES string of the molecule is Nc1ccc(Nc2c(Cl)cc(F)cc2Br)cc1C(=O)O. The van der Waals surface area contributed by atoms with E-state index in [1.54, 1.807) is 6.07 Å². The fourth-order valence-corrected chi connectivity index (χ4v) is 2.52. The zero-order valence-corrected chi connectivity index (χ0v) is 12.3. The van der Waals surface area contributed by atoms with Gasteiger partial charge in [0.2, 0.25) is 0 Å². The zero-order chi connectivity index (χ0) is 14.9. The number of anilines is 3. The topological polar surface area (TPSA) is 75.3 Å². The number of benzene rings is 2. The van der Waals surface area contributed by atoms with E-state index < -0.39 is 11.8 Å². The van der Waals surface area contributed by atoms with Gasteiger partial charge in [-0.3, -0.25) is 0 Å². The van der Waals surface area contributed by atoms with Gasteiger partial charge in [0, 0.05) is 15.8 Å². The third-order valence-corrected chi connectivity index (χ3v) is 3.48. The van der Waals surface area contributed by atoms with Crippen molar-refractivity contribution in [3.8, 4) is 0 Å². The number of nitrogens with two attached hydrogens (primary N) is 1. The van der Waals surface area contributed by atoms with Gasteiger partial charge < -0.3 is 16.2 Å². The second kappa shape index (κ2) is 5.68. The van der Waals surface area contributed by atoms with E-state index in [1.807, 2.05) is 0 Å². The van der Waals surface area contributed by atoms with Gasteiger partial charge in [-0.15, -0.1) is 0 Å². The van der Waals surface area contributed by atoms with Crippen molar-refractivity contribution in [2.45, 2.75) is 0 Å². The van der Waals surface area contributed by atoms with E-state index in [0.29, 0.717) is 15.8 Å². The van der Waals surface area contributed by atoms with Gasteiger partial charge >= 0.3 is 5.97 Å². The summed E-state index contributed by atoms with van der Waals surface area (Å²) in [6.07, 6.45) is 0. The third kappa shape index (κ3) is 3.02. The Bertz CT molecular complexity index is 671. The van der Waals surface area contributed by atoms with Crippen LogP contribution in [0.15, 0.2) is 34.8 Å². The zero-order valence-electron chi connectivity index (χ0n) is 9.95. The summed E-state index contributed by atoms with van der Waals surface area (Å²) in [6.45, 7) is 0. The molecule has 4 N–H and O–H groups in total. The molecule has 104 valence electrons. The molecule has 0 fully saturated rings. The van der Waals surface area contributed by atoms with Crippen LogP contribution < -0.4 is 11.1 Å². The average Bonchev–Trinajstić information content (AvgIpc) is 2.35. The summed E-state index contributed by atoms with van der Waals surface area (Å²) in [7, 11) is 0. The molecule has 0 aliphatic rings. The van der Waals surface area contributed by atoms with Gasteiger partial charge in [0.25, 0.3) is 0 Å². The maximum Gasteiger partial charge on any atom is 0.337 e. The Morgan fingerprint density at radius 3 is 2.65 bits per heavy atom. The molecule has 2 aromatic rings. The number of carboxylic acid groups (broad SMARTS) is 1. The summed E-state index contributed by atoms with van der Waals surface area (Å²) < 4.78 is 13.6. The molecule has 0 aliphatic heterocycles. The predicted octanol–water partition coefficient (Wildman–Crippen LogP) is 4.27. The molecule has 0 radical (unpaired) electrons. The standard InChI is InChI=1S/C13H9BrClFN2O2/c14-9-3-6(16)4-10(15)12(9)18-7-1-2-11(17)8(5-7)13(19)20/h1-5,18H,17H2,(H,19,20). The molecule has 2 aromatic carbocycles. The van der Waals surface area contributed by atoms with Crippen LogP contribution in [-0.4, -0.2) is 11.1 Å². The van der Waals surface area contributed by atoms with Crippen LogP contribution in [0.2, 0.25) is 5.02 Å². The summed E-state index contributed by atoms with van der Waals surface area (Å²) >= 11 is 9.13. The molecule has 0 atom stereocenters. The van der Waals surface area contributed by atoms with Crippen LogP contribution in [0.4, 0.5) is 21.5 Å². The van der Waals surface area contributed by atoms with Gasteiger partial charge in [-0.05, 0) is 46.3 Å². The molecule has 0 spiro atoms. The van der Waals surface area contributed by atoms with Crippen molar-refractivity contribution in [1.82, 2.24) is 0 Å². The Labute approximate surface area is 127 Å². The van der Waals surface area contributed by atoms with Gasteiger partial charge in [-0.25, -0.2) is 9.18 Å². The Balaban J connectivity index is 2.41. The Morgan fingerprint density at radius 1 is 1.35 bits per heavy atom. The Hall–Kier alpha value is -1.79. The van der Waals surface area contributed by atoms with Gasteiger partial charge in [-0.2, -0.15) is 0 Å². The highest BCUT2D eigenvalue weighted by Gasteiger charge is 2.12. The van der Waals surface area contributed by atoms with Crippen LogP contribution in [0.5, 0.6) is 0 Å². The maximum atomic E-state index is 13.1. The van der Waals surface area contributed by atoms with E-state index in [1.165, 1.54) is 18.2 Å². The largest absolute Gasteiger partial charge is 0.478 e. The molecule has 0 unspecified atom stereocenters. The normalized spacial score (nSPS) is 10.3. The van der Waals surface area contributed by atoms with Gasteiger partial charge in [0.1, 0.15) is 5.82 Å². The van der Waals surface area contributed by atoms with Crippen LogP contribution >= 0.6 is 27.5 Å². The minimum atomic E-state index is -1.13. The molecule has 0 saturated carbocycles. The summed E-state index contributed by atoms with van der Waals surface area (Å²) in [5, 5.41) is 12.1. The monoisotopic (exact) mass is 358 g/mol. The van der Waals surface area contributed by atoms with Crippen molar-refractivity contribution in [2.24, 2.45) is 0 Å². The van der Waals surface area contributed by atoms with E-state index in [-0.39, 0.29) is 16.3 Å². The van der Waals surface area contributed by atoms with Crippen LogP contribution in [0.3, 0.4) is 0 Å². The van der Waals surface area contributed by atoms with Gasteiger partial charge in [-0.1, -0.05) is 11.6 Å². The first-order chi connectivity index (χ1) is 9.38. The van der Waals surface area contributed by atoms with Crippen molar-refractivity contribution in [3.05, 3.63) is 51.2 Å². The Morgan fingerprint density at radius 2 is 2.05 bits per heavy atom. The first-order valence-electron chi connectivity index (χ1n) is 5.43. The number of rotatable bonds is 3. The second-order valence-electron chi connectivity index (χ2n) is 3.98. The van der Waals surface area contributed by atoms with E-state index in [9.17, 15) is 9.18 Å². The highest BCUT2D eigenvalue weighted by atomic mass is 79.9. The van der Waals surface area contributed by atoms with E-state index in [0.717, 1.165) is 6.07 Å². The molecular formula is C13H9BrClFN2O2. The van der Waals surface area contributed by atoms with Crippen molar-refractivity contribution in [2.75, 3.05) is 11.1 Å². The maximum absolute atomic E-state index is 13.1. The molecule has 0 aromatic heterocycles. The fraction of sp³-hybridized carbons (Fsp3) is 0. The van der Waals surface area contributed by atoms with Crippen molar-refractivity contribution in [3.63, 3.8) is 0 Å². The lowest BCUT2D eigenvalue weighted by Gasteiger charge is -2.12. The minimum absolute atomic E-state index is 0.0237. The highest BCUT2D eigenvalue weighted by molar-refractivity contribution is 9.10. The number of halogens is 3. The summed E-state index contributed by atoms with van der Waals surface area (Å²) in [5.74, 6) is -1.61. The van der Waals surface area contributed by atoms with Gasteiger partial charge in [0.15, 0.2) is 0 Å². The molecule has 7 heteroatoms. The molecule has 4 nitrogen and oxygen atoms in total. The lowest BCUT2D eigenvalue weighted by atomic mass is 10.1. The predicted molar refractivity (Wildman–Crippen MR) is 80.2 cm³/mol. The molecule has 2 rings (SSSR count). The van der Waals surface area contributed by atoms with E-state index >= 15 is 0 Å². The molecule has 0 heterocycles. The summed E-state index contributed by atoms with van der Waals surface area (Å²) in [4.78, 5) is 11.0. The lowest BCUT2D eigenvalue weighted by molar-refractivity contribution is 0.0698. The molecule has 0 amide bonds. The number of hydrogen-bond donors (Lipinski definition) is 3. The number of carboxylic acids is 1. The quantitative estimate of drug-likeness (QED) is 0.716. The smallest absolute Gasteiger partial charge is 0.337 e. The lowest BCUT2D eigenvalue weighted by Crippen LogP contribution is -2.03. The highest BCUT2D eigenvalue weighted by Crippen LogP contribution is 2.34. The molecule has 0 saturated heterocycles. The molecule has 0 bridgehead atoms. The van der Waals surface area contributed by atoms with Crippen LogP contribution in [0.1, 0.15) is 10.4 Å². The number of carbonyl (C=O) groups is 1. The molecule has 20 heavy (non-hydrogen) atoms.